The molecule has 2 heteroatoms. The van der Waals surface area contributed by atoms with Gasteiger partial charge in [-0.15, -0.1) is 0 Å². The van der Waals surface area contributed by atoms with Crippen LogP contribution in [0.1, 0.15) is 39.0 Å². The highest BCUT2D eigenvalue weighted by Crippen LogP contribution is 1.95. The minimum absolute atomic E-state index is 0.688. The first kappa shape index (κ1) is 10.4. The molecule has 0 atom stereocenters. The maximum absolute atomic E-state index is 8.24. The number of rotatable bonds is 7. The fourth-order valence-electron chi connectivity index (χ4n) is 1.03. The zero-order chi connectivity index (χ0) is 8.36. The zero-order valence-electron chi connectivity index (χ0n) is 7.47. The minimum atomic E-state index is 0.688. The van der Waals surface area contributed by atoms with E-state index < -0.39 is 0 Å². The first-order valence-electron chi connectivity index (χ1n) is 4.60. The van der Waals surface area contributed by atoms with E-state index in [9.17, 15) is 0 Å². The molecule has 0 aromatic heterocycles. The molecule has 0 aliphatic carbocycles. The molecule has 0 unspecified atom stereocenters. The molecule has 2 nitrogen and oxygen atoms in total. The van der Waals surface area contributed by atoms with E-state index in [1.54, 1.807) is 0 Å². The third-order valence-corrected chi connectivity index (χ3v) is 1.72. The summed E-state index contributed by atoms with van der Waals surface area (Å²) in [5.41, 5.74) is 0. The number of hydrogen-bond acceptors (Lipinski definition) is 1. The summed E-state index contributed by atoms with van der Waals surface area (Å²) in [5, 5.41) is 10.5. The second-order valence-corrected chi connectivity index (χ2v) is 2.83. The minimum Gasteiger partial charge on any atom is -0.345 e. The van der Waals surface area contributed by atoms with Gasteiger partial charge in [0.15, 0.2) is 0 Å². The zero-order valence-corrected chi connectivity index (χ0v) is 7.47. The summed E-state index contributed by atoms with van der Waals surface area (Å²) in [4.78, 5) is 0. The summed E-state index contributed by atoms with van der Waals surface area (Å²) >= 11 is 0. The van der Waals surface area contributed by atoms with Crippen LogP contribution in [0.3, 0.4) is 0 Å². The van der Waals surface area contributed by atoms with Crippen molar-refractivity contribution in [1.29, 1.82) is 5.26 Å². The first-order valence-corrected chi connectivity index (χ1v) is 4.60. The van der Waals surface area contributed by atoms with Crippen LogP contribution in [-0.4, -0.2) is 13.1 Å². The third-order valence-electron chi connectivity index (χ3n) is 1.72. The molecule has 0 aromatic rings. The maximum atomic E-state index is 8.24. The van der Waals surface area contributed by atoms with Crippen molar-refractivity contribution >= 4 is 0 Å². The largest absolute Gasteiger partial charge is 0.345 e. The Morgan fingerprint density at radius 1 is 1.18 bits per heavy atom. The molecule has 0 rings (SSSR count). The molecule has 0 spiro atoms. The van der Waals surface area contributed by atoms with Crippen LogP contribution < -0.4 is 5.32 Å². The number of nitrogens with two attached hydrogens (primary N) is 1. The van der Waals surface area contributed by atoms with Gasteiger partial charge >= 0.3 is 0 Å². The summed E-state index contributed by atoms with van der Waals surface area (Å²) in [5.74, 6) is 0. The van der Waals surface area contributed by atoms with Gasteiger partial charge in [-0.3, -0.25) is 0 Å². The quantitative estimate of drug-likeness (QED) is 0.548. The van der Waals surface area contributed by atoms with Crippen LogP contribution in [0.4, 0.5) is 0 Å². The Balaban J connectivity index is 2.75. The number of hydrogen-bond donors (Lipinski definition) is 1. The summed E-state index contributed by atoms with van der Waals surface area (Å²) in [6.07, 6.45) is 6.00. The lowest BCUT2D eigenvalue weighted by molar-refractivity contribution is -0.654. The molecule has 11 heavy (non-hydrogen) atoms. The summed E-state index contributed by atoms with van der Waals surface area (Å²) < 4.78 is 0. The number of nitriles is 1. The highest BCUT2D eigenvalue weighted by atomic mass is 14.8. The lowest BCUT2D eigenvalue weighted by atomic mass is 10.2. The van der Waals surface area contributed by atoms with E-state index in [1.807, 2.05) is 0 Å². The Morgan fingerprint density at radius 3 is 2.64 bits per heavy atom. The standard InChI is InChI=1S/C9H18N2/c1-2-3-4-5-8-11-9-6-7-10/h11H,2-6,8-9H2,1H3/p+1. The average Bonchev–Trinajstić information content (AvgIpc) is 2.03. The van der Waals surface area contributed by atoms with Crippen LogP contribution in [0, 0.1) is 11.3 Å². The lowest BCUT2D eigenvalue weighted by Gasteiger charge is -1.97. The van der Waals surface area contributed by atoms with Crippen molar-refractivity contribution in [1.82, 2.24) is 0 Å². The van der Waals surface area contributed by atoms with Gasteiger partial charge in [0.1, 0.15) is 0 Å². The molecule has 64 valence electrons. The smallest absolute Gasteiger partial charge is 0.0887 e. The van der Waals surface area contributed by atoms with Gasteiger partial charge in [0.2, 0.25) is 0 Å². The predicted octanol–water partition coefficient (Wildman–Crippen LogP) is 1.04. The molecule has 0 fully saturated rings. The van der Waals surface area contributed by atoms with Gasteiger partial charge in [-0.2, -0.15) is 5.26 Å². The van der Waals surface area contributed by atoms with Crippen LogP contribution in [0.15, 0.2) is 0 Å². The Hall–Kier alpha value is -0.550. The van der Waals surface area contributed by atoms with E-state index in [0.29, 0.717) is 6.42 Å². The average molecular weight is 155 g/mol. The molecule has 0 saturated carbocycles. The number of quaternary nitrogens is 1. The van der Waals surface area contributed by atoms with Crippen LogP contribution in [0.2, 0.25) is 0 Å². The fraction of sp³-hybridized carbons (Fsp3) is 0.889. The molecule has 0 bridgehead atoms. The second kappa shape index (κ2) is 9.45. The normalized spacial score (nSPS) is 9.45. The molecule has 0 aliphatic heterocycles. The molecule has 0 saturated heterocycles. The fourth-order valence-corrected chi connectivity index (χ4v) is 1.03. The second-order valence-electron chi connectivity index (χ2n) is 2.83. The molecule has 0 heterocycles. The molecule has 0 radical (unpaired) electrons. The topological polar surface area (TPSA) is 40.4 Å². The van der Waals surface area contributed by atoms with Gasteiger partial charge in [0.25, 0.3) is 0 Å². The third kappa shape index (κ3) is 9.45. The van der Waals surface area contributed by atoms with E-state index in [0.717, 1.165) is 6.54 Å². The number of nitrogens with zero attached hydrogens (tertiary/aromatic N) is 1. The van der Waals surface area contributed by atoms with E-state index in [4.69, 9.17) is 5.26 Å². The van der Waals surface area contributed by atoms with E-state index in [-0.39, 0.29) is 0 Å². The molecular weight excluding hydrogens is 136 g/mol. The monoisotopic (exact) mass is 155 g/mol. The highest BCUT2D eigenvalue weighted by molar-refractivity contribution is 4.65. The van der Waals surface area contributed by atoms with Crippen molar-refractivity contribution in [3.63, 3.8) is 0 Å². The summed E-state index contributed by atoms with van der Waals surface area (Å²) in [7, 11) is 0. The van der Waals surface area contributed by atoms with Crippen molar-refractivity contribution in [2.24, 2.45) is 0 Å². The summed E-state index contributed by atoms with van der Waals surface area (Å²) in [6, 6.07) is 2.14. The maximum Gasteiger partial charge on any atom is 0.0887 e. The van der Waals surface area contributed by atoms with Crippen molar-refractivity contribution < 1.29 is 5.32 Å². The lowest BCUT2D eigenvalue weighted by Crippen LogP contribution is -2.84. The van der Waals surface area contributed by atoms with Gasteiger partial charge in [-0.05, 0) is 12.8 Å². The first-order chi connectivity index (χ1) is 5.41. The van der Waals surface area contributed by atoms with Gasteiger partial charge in [0, 0.05) is 0 Å². The molecule has 0 aromatic carbocycles. The van der Waals surface area contributed by atoms with Crippen LogP contribution in [0.5, 0.6) is 0 Å². The van der Waals surface area contributed by atoms with Crippen LogP contribution >= 0.6 is 0 Å². The van der Waals surface area contributed by atoms with Gasteiger partial charge in [-0.25, -0.2) is 0 Å². The van der Waals surface area contributed by atoms with E-state index >= 15 is 0 Å². The Labute approximate surface area is 69.6 Å². The molecular formula is C9H19N2+. The van der Waals surface area contributed by atoms with E-state index in [2.05, 4.69) is 18.3 Å². The molecule has 0 aliphatic rings. The summed E-state index contributed by atoms with van der Waals surface area (Å²) in [6.45, 7) is 4.39. The molecule has 2 N–H and O–H groups in total. The Morgan fingerprint density at radius 2 is 2.00 bits per heavy atom. The van der Waals surface area contributed by atoms with E-state index in [1.165, 1.54) is 32.2 Å². The SMILES string of the molecule is CCCCCC[NH2+]CCC#N. The van der Waals surface area contributed by atoms with Crippen LogP contribution in [-0.2, 0) is 0 Å². The van der Waals surface area contributed by atoms with Gasteiger partial charge in [-0.1, -0.05) is 19.8 Å². The van der Waals surface area contributed by atoms with Gasteiger partial charge in [0.05, 0.1) is 25.6 Å². The predicted molar refractivity (Wildman–Crippen MR) is 46.0 cm³/mol. The van der Waals surface area contributed by atoms with Crippen molar-refractivity contribution in [3.8, 4) is 6.07 Å². The van der Waals surface area contributed by atoms with Crippen LogP contribution in [0.25, 0.3) is 0 Å². The number of unbranched alkanes of at least 4 members (excludes halogenated alkanes) is 3. The molecule has 0 amide bonds. The highest BCUT2D eigenvalue weighted by Gasteiger charge is 1.90. The van der Waals surface area contributed by atoms with Crippen molar-refractivity contribution in [2.75, 3.05) is 13.1 Å². The van der Waals surface area contributed by atoms with Gasteiger partial charge < -0.3 is 5.32 Å². The Kier molecular flexibility index (Phi) is 8.98. The van der Waals surface area contributed by atoms with Crippen molar-refractivity contribution in [3.05, 3.63) is 0 Å². The van der Waals surface area contributed by atoms with Crippen molar-refractivity contribution in [2.45, 2.75) is 39.0 Å². The Bertz CT molecular complexity index is 105.